The van der Waals surface area contributed by atoms with E-state index in [0.29, 0.717) is 24.7 Å². The molecular formula is C32H39FN4O4. The minimum absolute atomic E-state index is 0.140. The summed E-state index contributed by atoms with van der Waals surface area (Å²) in [6.45, 7) is 5.56. The standard InChI is InChI=1S/C32H39FN4O4/c1-4-22-14-15-25(39-17-18-41-29-13-5-6-16-40-29)20-27(22)30-35-28-12-8-11-26(28)31(36-30)37(3)21(2)32(38)34-24-10-7-9-23(33)19-24/h7,9-10,14-15,19-21,29H,4-6,8,11-13,16-18H2,1-3H3,(H,34,38)/t21-,29?/m1/s1. The number of amides is 1. The maximum absolute atomic E-state index is 13.7. The third-order valence-corrected chi connectivity index (χ3v) is 7.79. The van der Waals surface area contributed by atoms with Gasteiger partial charge in [-0.3, -0.25) is 4.79 Å². The predicted octanol–water partition coefficient (Wildman–Crippen LogP) is 5.72. The van der Waals surface area contributed by atoms with Gasteiger partial charge < -0.3 is 24.4 Å². The lowest BCUT2D eigenvalue weighted by atomic mass is 10.0. The van der Waals surface area contributed by atoms with Crippen LogP contribution in [0.4, 0.5) is 15.9 Å². The van der Waals surface area contributed by atoms with Gasteiger partial charge in [0.05, 0.1) is 6.61 Å². The van der Waals surface area contributed by atoms with Crippen LogP contribution < -0.4 is 15.0 Å². The van der Waals surface area contributed by atoms with Crippen molar-refractivity contribution in [1.29, 1.82) is 0 Å². The number of fused-ring (bicyclic) bond motifs is 1. The maximum Gasteiger partial charge on any atom is 0.246 e. The number of hydrogen-bond donors (Lipinski definition) is 1. The van der Waals surface area contributed by atoms with Gasteiger partial charge in [-0.15, -0.1) is 0 Å². The van der Waals surface area contributed by atoms with Crippen LogP contribution in [0.1, 0.15) is 56.4 Å². The lowest BCUT2D eigenvalue weighted by Gasteiger charge is -2.27. The number of anilines is 2. The van der Waals surface area contributed by atoms with E-state index in [1.165, 1.54) is 12.1 Å². The van der Waals surface area contributed by atoms with E-state index in [9.17, 15) is 9.18 Å². The van der Waals surface area contributed by atoms with Crippen LogP contribution in [0, 0.1) is 5.82 Å². The second-order valence-corrected chi connectivity index (χ2v) is 10.6. The Bertz CT molecular complexity index is 1360. The number of carbonyl (C=O) groups is 1. The summed E-state index contributed by atoms with van der Waals surface area (Å²) in [5, 5.41) is 2.82. The molecule has 5 rings (SSSR count). The molecule has 218 valence electrons. The quantitative estimate of drug-likeness (QED) is 0.299. The summed E-state index contributed by atoms with van der Waals surface area (Å²) in [5.74, 6) is 1.46. The van der Waals surface area contributed by atoms with Crippen molar-refractivity contribution in [3.05, 3.63) is 65.1 Å². The highest BCUT2D eigenvalue weighted by Crippen LogP contribution is 2.34. The van der Waals surface area contributed by atoms with E-state index in [1.807, 2.05) is 31.0 Å². The molecule has 3 aromatic rings. The Morgan fingerprint density at radius 1 is 1.15 bits per heavy atom. The van der Waals surface area contributed by atoms with Gasteiger partial charge in [0.1, 0.15) is 30.0 Å². The fourth-order valence-corrected chi connectivity index (χ4v) is 5.34. The van der Waals surface area contributed by atoms with E-state index in [-0.39, 0.29) is 12.2 Å². The number of aryl methyl sites for hydroxylation is 2. The topological polar surface area (TPSA) is 85.8 Å². The highest BCUT2D eigenvalue weighted by molar-refractivity contribution is 5.96. The van der Waals surface area contributed by atoms with Crippen molar-refractivity contribution in [2.24, 2.45) is 0 Å². The Kier molecular flexibility index (Phi) is 9.46. The summed E-state index contributed by atoms with van der Waals surface area (Å²) < 4.78 is 31.1. The third kappa shape index (κ3) is 7.02. The Balaban J connectivity index is 1.35. The van der Waals surface area contributed by atoms with E-state index < -0.39 is 11.9 Å². The van der Waals surface area contributed by atoms with Gasteiger partial charge in [0.15, 0.2) is 12.1 Å². The molecule has 1 amide bonds. The number of benzene rings is 2. The predicted molar refractivity (Wildman–Crippen MR) is 157 cm³/mol. The van der Waals surface area contributed by atoms with Gasteiger partial charge in [-0.25, -0.2) is 14.4 Å². The minimum Gasteiger partial charge on any atom is -0.491 e. The van der Waals surface area contributed by atoms with E-state index in [4.69, 9.17) is 24.2 Å². The van der Waals surface area contributed by atoms with Gasteiger partial charge in [-0.05, 0) is 87.8 Å². The molecule has 1 fully saturated rings. The van der Waals surface area contributed by atoms with E-state index >= 15 is 0 Å². The van der Waals surface area contributed by atoms with Crippen molar-refractivity contribution in [1.82, 2.24) is 9.97 Å². The van der Waals surface area contributed by atoms with Gasteiger partial charge >= 0.3 is 0 Å². The number of hydrogen-bond acceptors (Lipinski definition) is 7. The molecule has 9 heteroatoms. The number of ether oxygens (including phenoxy) is 3. The Morgan fingerprint density at radius 2 is 2.02 bits per heavy atom. The molecule has 0 spiro atoms. The molecule has 1 aromatic heterocycles. The number of rotatable bonds is 11. The fourth-order valence-electron chi connectivity index (χ4n) is 5.34. The molecule has 2 atom stereocenters. The van der Waals surface area contributed by atoms with E-state index in [1.54, 1.807) is 12.1 Å². The molecule has 1 N–H and O–H groups in total. The smallest absolute Gasteiger partial charge is 0.246 e. The second kappa shape index (κ2) is 13.4. The van der Waals surface area contributed by atoms with E-state index in [0.717, 1.165) is 85.5 Å². The van der Waals surface area contributed by atoms with Crippen LogP contribution in [0.25, 0.3) is 11.4 Å². The largest absolute Gasteiger partial charge is 0.491 e. The summed E-state index contributed by atoms with van der Waals surface area (Å²) in [7, 11) is 1.87. The number of likely N-dealkylation sites (N-methyl/N-ethyl adjacent to an activating group) is 1. The van der Waals surface area contributed by atoms with Crippen molar-refractivity contribution in [2.45, 2.75) is 71.1 Å². The summed E-state index contributed by atoms with van der Waals surface area (Å²) in [5.41, 5.74) is 4.55. The van der Waals surface area contributed by atoms with Crippen LogP contribution >= 0.6 is 0 Å². The molecule has 0 saturated carbocycles. The van der Waals surface area contributed by atoms with Gasteiger partial charge in [-0.1, -0.05) is 19.1 Å². The molecule has 0 radical (unpaired) electrons. The van der Waals surface area contributed by atoms with Gasteiger partial charge in [0, 0.05) is 36.2 Å². The van der Waals surface area contributed by atoms with Crippen LogP contribution in [-0.4, -0.2) is 55.1 Å². The molecule has 2 aromatic carbocycles. The third-order valence-electron chi connectivity index (χ3n) is 7.79. The van der Waals surface area contributed by atoms with Crippen molar-refractivity contribution >= 4 is 17.4 Å². The number of nitrogens with one attached hydrogen (secondary N) is 1. The minimum atomic E-state index is -0.542. The fraction of sp³-hybridized carbons (Fsp3) is 0.469. The summed E-state index contributed by atoms with van der Waals surface area (Å²) in [6.07, 6.45) is 6.54. The van der Waals surface area contributed by atoms with E-state index in [2.05, 4.69) is 18.3 Å². The van der Waals surface area contributed by atoms with Crippen LogP contribution in [0.3, 0.4) is 0 Å². The molecule has 2 aliphatic rings. The zero-order chi connectivity index (χ0) is 28.8. The number of nitrogens with zero attached hydrogens (tertiary/aromatic N) is 3. The molecule has 0 bridgehead atoms. The molecule has 41 heavy (non-hydrogen) atoms. The Labute approximate surface area is 241 Å². The molecule has 2 heterocycles. The van der Waals surface area contributed by atoms with Crippen LogP contribution in [0.2, 0.25) is 0 Å². The first-order valence-corrected chi connectivity index (χ1v) is 14.6. The molecule has 1 aliphatic heterocycles. The molecule has 1 aliphatic carbocycles. The van der Waals surface area contributed by atoms with Gasteiger partial charge in [-0.2, -0.15) is 0 Å². The maximum atomic E-state index is 13.7. The summed E-state index contributed by atoms with van der Waals surface area (Å²) >= 11 is 0. The first-order chi connectivity index (χ1) is 19.9. The Hall–Kier alpha value is -3.56. The van der Waals surface area contributed by atoms with Crippen molar-refractivity contribution in [2.75, 3.05) is 37.1 Å². The highest BCUT2D eigenvalue weighted by Gasteiger charge is 2.27. The van der Waals surface area contributed by atoms with Gasteiger partial charge in [0.25, 0.3) is 0 Å². The van der Waals surface area contributed by atoms with Crippen LogP contribution in [-0.2, 0) is 33.5 Å². The monoisotopic (exact) mass is 562 g/mol. The zero-order valence-corrected chi connectivity index (χ0v) is 24.1. The highest BCUT2D eigenvalue weighted by atomic mass is 19.1. The molecule has 1 saturated heterocycles. The van der Waals surface area contributed by atoms with Crippen LogP contribution in [0.5, 0.6) is 5.75 Å². The summed E-state index contributed by atoms with van der Waals surface area (Å²) in [6, 6.07) is 11.4. The Morgan fingerprint density at radius 3 is 2.80 bits per heavy atom. The molecular weight excluding hydrogens is 523 g/mol. The average Bonchev–Trinajstić information content (AvgIpc) is 3.47. The average molecular weight is 563 g/mol. The zero-order valence-electron chi connectivity index (χ0n) is 24.1. The normalized spacial score (nSPS) is 17.1. The molecule has 1 unspecified atom stereocenters. The summed E-state index contributed by atoms with van der Waals surface area (Å²) in [4.78, 5) is 25.0. The van der Waals surface area contributed by atoms with Crippen molar-refractivity contribution in [3.8, 4) is 17.1 Å². The number of aromatic nitrogens is 2. The SMILES string of the molecule is CCc1ccc(OCCOC2CCCCO2)cc1-c1nc2c(c(N(C)[C@H](C)C(=O)Nc3cccc(F)c3)n1)CCC2. The van der Waals surface area contributed by atoms with Crippen LogP contribution in [0.15, 0.2) is 42.5 Å². The number of carbonyl (C=O) groups excluding carboxylic acids is 1. The lowest BCUT2D eigenvalue weighted by molar-refractivity contribution is -0.165. The second-order valence-electron chi connectivity index (χ2n) is 10.6. The lowest BCUT2D eigenvalue weighted by Crippen LogP contribution is -2.40. The first kappa shape index (κ1) is 29.0. The number of halogens is 1. The molecule has 8 nitrogen and oxygen atoms in total. The first-order valence-electron chi connectivity index (χ1n) is 14.6. The van der Waals surface area contributed by atoms with Crippen molar-refractivity contribution < 1.29 is 23.4 Å². The van der Waals surface area contributed by atoms with Gasteiger partial charge in [0.2, 0.25) is 5.91 Å². The van der Waals surface area contributed by atoms with Crippen molar-refractivity contribution in [3.63, 3.8) is 0 Å².